The molecule has 0 unspecified atom stereocenters. The molecule has 6 heteroatoms. The van der Waals surface area contributed by atoms with Crippen LogP contribution < -0.4 is 5.32 Å². The van der Waals surface area contributed by atoms with E-state index in [1.54, 1.807) is 37.3 Å². The first-order valence-electron chi connectivity index (χ1n) is 6.54. The van der Waals surface area contributed by atoms with Gasteiger partial charge in [-0.2, -0.15) is 0 Å². The van der Waals surface area contributed by atoms with Gasteiger partial charge >= 0.3 is 0 Å². The fourth-order valence-electron chi connectivity index (χ4n) is 1.98. The average molecular weight is 316 g/mol. The van der Waals surface area contributed by atoms with Crippen LogP contribution >= 0.6 is 11.6 Å². The largest absolute Gasteiger partial charge is 0.320 e. The van der Waals surface area contributed by atoms with Crippen LogP contribution in [0.4, 0.5) is 10.1 Å². The van der Waals surface area contributed by atoms with Crippen LogP contribution in [0.3, 0.4) is 0 Å². The van der Waals surface area contributed by atoms with Crippen molar-refractivity contribution in [2.75, 3.05) is 5.32 Å². The average Bonchev–Trinajstić information content (AvgIpc) is 2.50. The van der Waals surface area contributed by atoms with Crippen LogP contribution in [0.15, 0.2) is 42.5 Å². The molecule has 0 fully saturated rings. The van der Waals surface area contributed by atoms with E-state index in [1.807, 2.05) is 6.07 Å². The number of hydrogen-bond donors (Lipinski definition) is 1. The molecule has 1 heterocycles. The van der Waals surface area contributed by atoms with Gasteiger partial charge in [0.25, 0.3) is 5.91 Å². The Morgan fingerprint density at radius 1 is 1.14 bits per heavy atom. The minimum atomic E-state index is -0.536. The SMILES string of the molecule is Cc1ccc(NC(=O)c2nc3ccccc3nc2Cl)cc1F. The highest BCUT2D eigenvalue weighted by Gasteiger charge is 2.15. The molecular formula is C16H11ClFN3O. The summed E-state index contributed by atoms with van der Waals surface area (Å²) >= 11 is 6.01. The Morgan fingerprint density at radius 2 is 1.82 bits per heavy atom. The number of carbonyl (C=O) groups excluding carboxylic acids is 1. The van der Waals surface area contributed by atoms with E-state index in [4.69, 9.17) is 11.6 Å². The first-order chi connectivity index (χ1) is 10.5. The summed E-state index contributed by atoms with van der Waals surface area (Å²) in [5, 5.41) is 2.57. The molecule has 1 aromatic heterocycles. The van der Waals surface area contributed by atoms with Crippen molar-refractivity contribution in [3.05, 3.63) is 64.7 Å². The maximum absolute atomic E-state index is 13.5. The zero-order chi connectivity index (χ0) is 15.7. The van der Waals surface area contributed by atoms with E-state index in [-0.39, 0.29) is 10.8 Å². The molecule has 0 aliphatic rings. The number of fused-ring (bicyclic) bond motifs is 1. The van der Waals surface area contributed by atoms with Crippen molar-refractivity contribution in [1.29, 1.82) is 0 Å². The molecule has 0 aliphatic carbocycles. The highest BCUT2D eigenvalue weighted by molar-refractivity contribution is 6.33. The van der Waals surface area contributed by atoms with Crippen molar-refractivity contribution < 1.29 is 9.18 Å². The molecule has 0 aliphatic heterocycles. The van der Waals surface area contributed by atoms with Gasteiger partial charge in [-0.1, -0.05) is 29.8 Å². The second-order valence-corrected chi connectivity index (χ2v) is 5.13. The molecule has 0 bridgehead atoms. The van der Waals surface area contributed by atoms with Crippen LogP contribution in [0, 0.1) is 12.7 Å². The fraction of sp³-hybridized carbons (Fsp3) is 0.0625. The first kappa shape index (κ1) is 14.4. The number of halogens is 2. The van der Waals surface area contributed by atoms with E-state index in [0.717, 1.165) is 0 Å². The molecule has 0 atom stereocenters. The van der Waals surface area contributed by atoms with Crippen LogP contribution in [0.1, 0.15) is 16.1 Å². The Morgan fingerprint density at radius 3 is 2.50 bits per heavy atom. The highest BCUT2D eigenvalue weighted by atomic mass is 35.5. The third kappa shape index (κ3) is 2.76. The third-order valence-corrected chi connectivity index (χ3v) is 3.44. The molecule has 2 aromatic carbocycles. The van der Waals surface area contributed by atoms with E-state index >= 15 is 0 Å². The topological polar surface area (TPSA) is 54.9 Å². The molecule has 3 rings (SSSR count). The minimum absolute atomic E-state index is 0.00125. The lowest BCUT2D eigenvalue weighted by atomic mass is 10.2. The van der Waals surface area contributed by atoms with Gasteiger partial charge < -0.3 is 5.32 Å². The Bertz CT molecular complexity index is 882. The summed E-state index contributed by atoms with van der Waals surface area (Å²) in [6.07, 6.45) is 0. The number of nitrogens with one attached hydrogen (secondary N) is 1. The van der Waals surface area contributed by atoms with Crippen LogP contribution in [-0.2, 0) is 0 Å². The summed E-state index contributed by atoms with van der Waals surface area (Å²) < 4.78 is 13.5. The lowest BCUT2D eigenvalue weighted by molar-refractivity contribution is 0.102. The summed E-state index contributed by atoms with van der Waals surface area (Å²) in [5.74, 6) is -0.931. The van der Waals surface area contributed by atoms with E-state index in [2.05, 4.69) is 15.3 Å². The van der Waals surface area contributed by atoms with Gasteiger partial charge in [0.15, 0.2) is 10.8 Å². The normalized spacial score (nSPS) is 10.7. The van der Waals surface area contributed by atoms with Crippen molar-refractivity contribution >= 4 is 34.2 Å². The van der Waals surface area contributed by atoms with Gasteiger partial charge in [0.1, 0.15) is 5.82 Å². The molecule has 1 N–H and O–H groups in total. The lowest BCUT2D eigenvalue weighted by Crippen LogP contribution is -2.15. The molecule has 0 saturated carbocycles. The highest BCUT2D eigenvalue weighted by Crippen LogP contribution is 2.19. The standard InChI is InChI=1S/C16H11ClFN3O/c1-9-6-7-10(8-11(9)18)19-16(22)14-15(17)21-13-5-3-2-4-12(13)20-14/h2-8H,1H3,(H,19,22). The van der Waals surface area contributed by atoms with Crippen LogP contribution in [-0.4, -0.2) is 15.9 Å². The van der Waals surface area contributed by atoms with E-state index in [9.17, 15) is 9.18 Å². The second kappa shape index (κ2) is 5.69. The Kier molecular flexibility index (Phi) is 3.73. The van der Waals surface area contributed by atoms with Crippen LogP contribution in [0.25, 0.3) is 11.0 Å². The zero-order valence-corrected chi connectivity index (χ0v) is 12.4. The predicted molar refractivity (Wildman–Crippen MR) is 83.6 cm³/mol. The Hall–Kier alpha value is -2.53. The monoisotopic (exact) mass is 315 g/mol. The summed E-state index contributed by atoms with van der Waals surface area (Å²) in [7, 11) is 0. The van der Waals surface area contributed by atoms with E-state index in [1.165, 1.54) is 6.07 Å². The molecule has 0 radical (unpaired) electrons. The summed E-state index contributed by atoms with van der Waals surface area (Å²) in [5.41, 5.74) is 2.00. The van der Waals surface area contributed by atoms with E-state index < -0.39 is 11.7 Å². The lowest BCUT2D eigenvalue weighted by Gasteiger charge is -2.07. The van der Waals surface area contributed by atoms with Crippen molar-refractivity contribution in [1.82, 2.24) is 9.97 Å². The smallest absolute Gasteiger partial charge is 0.277 e. The minimum Gasteiger partial charge on any atom is -0.320 e. The number of aryl methyl sites for hydroxylation is 1. The molecule has 0 saturated heterocycles. The van der Waals surface area contributed by atoms with Crippen molar-refractivity contribution in [3.63, 3.8) is 0 Å². The quantitative estimate of drug-likeness (QED) is 0.778. The number of carbonyl (C=O) groups is 1. The molecule has 0 spiro atoms. The molecular weight excluding hydrogens is 305 g/mol. The summed E-state index contributed by atoms with van der Waals surface area (Å²) in [6, 6.07) is 11.5. The van der Waals surface area contributed by atoms with Crippen molar-refractivity contribution in [2.24, 2.45) is 0 Å². The summed E-state index contributed by atoms with van der Waals surface area (Å²) in [4.78, 5) is 20.6. The number of rotatable bonds is 2. The number of anilines is 1. The second-order valence-electron chi connectivity index (χ2n) is 4.77. The van der Waals surface area contributed by atoms with Gasteiger partial charge in [0.05, 0.1) is 11.0 Å². The molecule has 1 amide bonds. The number of para-hydroxylation sites is 2. The molecule has 4 nitrogen and oxygen atoms in total. The number of nitrogens with zero attached hydrogens (tertiary/aromatic N) is 2. The molecule has 22 heavy (non-hydrogen) atoms. The maximum atomic E-state index is 13.5. The first-order valence-corrected chi connectivity index (χ1v) is 6.92. The summed E-state index contributed by atoms with van der Waals surface area (Å²) in [6.45, 7) is 1.65. The van der Waals surface area contributed by atoms with Gasteiger partial charge in [-0.15, -0.1) is 0 Å². The number of hydrogen-bond acceptors (Lipinski definition) is 3. The van der Waals surface area contributed by atoms with Gasteiger partial charge in [-0.05, 0) is 36.8 Å². The third-order valence-electron chi connectivity index (χ3n) is 3.17. The number of benzene rings is 2. The van der Waals surface area contributed by atoms with Crippen LogP contribution in [0.5, 0.6) is 0 Å². The number of aromatic nitrogens is 2. The Balaban J connectivity index is 1.94. The Labute approximate surface area is 131 Å². The van der Waals surface area contributed by atoms with Crippen LogP contribution in [0.2, 0.25) is 5.15 Å². The van der Waals surface area contributed by atoms with Gasteiger partial charge in [0.2, 0.25) is 0 Å². The van der Waals surface area contributed by atoms with Gasteiger partial charge in [-0.3, -0.25) is 4.79 Å². The maximum Gasteiger partial charge on any atom is 0.277 e. The van der Waals surface area contributed by atoms with Crippen molar-refractivity contribution in [2.45, 2.75) is 6.92 Å². The number of amides is 1. The van der Waals surface area contributed by atoms with Gasteiger partial charge in [-0.25, -0.2) is 14.4 Å². The van der Waals surface area contributed by atoms with Gasteiger partial charge in [0, 0.05) is 5.69 Å². The fourth-order valence-corrected chi connectivity index (χ4v) is 2.20. The predicted octanol–water partition coefficient (Wildman–Crippen LogP) is 3.98. The molecule has 110 valence electrons. The van der Waals surface area contributed by atoms with Crippen molar-refractivity contribution in [3.8, 4) is 0 Å². The van der Waals surface area contributed by atoms with E-state index in [0.29, 0.717) is 22.3 Å². The zero-order valence-electron chi connectivity index (χ0n) is 11.6. The molecule has 3 aromatic rings.